The number of likely N-dealkylation sites (tertiary alicyclic amines) is 1. The van der Waals surface area contributed by atoms with E-state index in [0.29, 0.717) is 13.0 Å². The molecule has 36 heavy (non-hydrogen) atoms. The van der Waals surface area contributed by atoms with Crippen molar-refractivity contribution in [2.24, 2.45) is 0 Å². The lowest BCUT2D eigenvalue weighted by Gasteiger charge is -2.44. The van der Waals surface area contributed by atoms with Gasteiger partial charge < -0.3 is 15.3 Å². The van der Waals surface area contributed by atoms with Crippen molar-refractivity contribution in [2.45, 2.75) is 49.9 Å². The van der Waals surface area contributed by atoms with Gasteiger partial charge in [-0.2, -0.15) is 0 Å². The van der Waals surface area contributed by atoms with Crippen molar-refractivity contribution >= 4 is 5.91 Å². The van der Waals surface area contributed by atoms with E-state index >= 15 is 0 Å². The molecule has 190 valence electrons. The Balaban J connectivity index is 1.54. The highest BCUT2D eigenvalue weighted by Gasteiger charge is 2.45. The highest BCUT2D eigenvalue weighted by molar-refractivity contribution is 5.92. The number of hydrogen-bond donors (Lipinski definition) is 2. The average Bonchev–Trinajstić information content (AvgIpc) is 2.92. The van der Waals surface area contributed by atoms with Crippen LogP contribution >= 0.6 is 0 Å². The van der Waals surface area contributed by atoms with Gasteiger partial charge in [0.25, 0.3) is 0 Å². The van der Waals surface area contributed by atoms with Crippen LogP contribution in [-0.2, 0) is 16.8 Å². The summed E-state index contributed by atoms with van der Waals surface area (Å²) in [5, 5.41) is 14.6. The molecule has 1 fully saturated rings. The first-order chi connectivity index (χ1) is 17.4. The second kappa shape index (κ2) is 11.8. The molecule has 0 saturated carbocycles. The van der Waals surface area contributed by atoms with Crippen LogP contribution in [0.2, 0.25) is 0 Å². The molecular weight excluding hydrogens is 446 g/mol. The van der Waals surface area contributed by atoms with Crippen LogP contribution in [0.3, 0.4) is 0 Å². The van der Waals surface area contributed by atoms with Crippen molar-refractivity contribution in [3.05, 3.63) is 108 Å². The third-order valence-electron chi connectivity index (χ3n) is 7.55. The lowest BCUT2D eigenvalue weighted by Crippen LogP contribution is -2.56. The summed E-state index contributed by atoms with van der Waals surface area (Å²) in [6.45, 7) is 4.40. The number of β-amino-alcohol motifs (C(OH)–C–C–N with tert-alkyl or cyclic N) is 1. The fourth-order valence-corrected chi connectivity index (χ4v) is 5.58. The predicted molar refractivity (Wildman–Crippen MR) is 146 cm³/mol. The number of benzene rings is 3. The molecular formula is C31H39N3O2. The molecule has 4 rings (SSSR count). The van der Waals surface area contributed by atoms with Gasteiger partial charge in [-0.1, -0.05) is 91.0 Å². The first-order valence-electron chi connectivity index (χ1n) is 12.9. The molecule has 3 atom stereocenters. The first-order valence-corrected chi connectivity index (χ1v) is 12.9. The van der Waals surface area contributed by atoms with Gasteiger partial charge in [0.2, 0.25) is 5.91 Å². The van der Waals surface area contributed by atoms with Gasteiger partial charge in [-0.3, -0.25) is 9.69 Å². The highest BCUT2D eigenvalue weighted by Crippen LogP contribution is 2.39. The quantitative estimate of drug-likeness (QED) is 0.480. The summed E-state index contributed by atoms with van der Waals surface area (Å²) < 4.78 is 0. The lowest BCUT2D eigenvalue weighted by atomic mass is 9.69. The zero-order chi connectivity index (χ0) is 25.5. The monoisotopic (exact) mass is 485 g/mol. The molecule has 0 radical (unpaired) electrons. The molecule has 2 N–H and O–H groups in total. The summed E-state index contributed by atoms with van der Waals surface area (Å²) in [4.78, 5) is 18.0. The minimum Gasteiger partial charge on any atom is -0.390 e. The number of aliphatic hydroxyl groups is 1. The molecule has 5 nitrogen and oxygen atoms in total. The fraction of sp³-hybridized carbons (Fsp3) is 0.387. The number of aliphatic hydroxyl groups excluding tert-OH is 1. The maximum atomic E-state index is 14.0. The topological polar surface area (TPSA) is 55.8 Å². The van der Waals surface area contributed by atoms with E-state index in [4.69, 9.17) is 0 Å². The Hall–Kier alpha value is -2.99. The number of amides is 1. The molecule has 1 saturated heterocycles. The second-order valence-corrected chi connectivity index (χ2v) is 10.2. The molecule has 0 bridgehead atoms. The van der Waals surface area contributed by atoms with Gasteiger partial charge in [-0.05, 0) is 36.5 Å². The summed E-state index contributed by atoms with van der Waals surface area (Å²) in [6.07, 6.45) is 1.04. The van der Waals surface area contributed by atoms with E-state index in [9.17, 15) is 9.90 Å². The van der Waals surface area contributed by atoms with Gasteiger partial charge >= 0.3 is 0 Å². The summed E-state index contributed by atoms with van der Waals surface area (Å²) in [6, 6.07) is 30.7. The number of rotatable bonds is 9. The molecule has 0 spiro atoms. The van der Waals surface area contributed by atoms with Crippen LogP contribution in [0, 0.1) is 0 Å². The Labute approximate surface area is 215 Å². The molecule has 1 amide bonds. The van der Waals surface area contributed by atoms with Crippen LogP contribution in [0.15, 0.2) is 91.0 Å². The molecule has 1 heterocycles. The van der Waals surface area contributed by atoms with Crippen molar-refractivity contribution < 1.29 is 9.90 Å². The average molecular weight is 486 g/mol. The largest absolute Gasteiger partial charge is 0.390 e. The molecule has 3 aromatic carbocycles. The van der Waals surface area contributed by atoms with Crippen LogP contribution in [0.25, 0.3) is 0 Å². The van der Waals surface area contributed by atoms with Crippen LogP contribution in [0.5, 0.6) is 0 Å². The SMILES string of the molecule is CC(CC(C(=O)N(C)C)(c1ccccc1)c1ccccc1)N1CC[C@@H](NCc2ccccc2)[C@H](O)C1. The maximum absolute atomic E-state index is 14.0. The van der Waals surface area contributed by atoms with Crippen molar-refractivity contribution in [1.82, 2.24) is 15.1 Å². The molecule has 1 aliphatic rings. The first kappa shape index (κ1) is 26.1. The normalized spacial score (nSPS) is 19.6. The lowest BCUT2D eigenvalue weighted by molar-refractivity contribution is -0.134. The van der Waals surface area contributed by atoms with Gasteiger partial charge in [0.05, 0.1) is 6.10 Å². The maximum Gasteiger partial charge on any atom is 0.237 e. The predicted octanol–water partition coefficient (Wildman–Crippen LogP) is 4.06. The second-order valence-electron chi connectivity index (χ2n) is 10.2. The number of carbonyl (C=O) groups is 1. The summed E-state index contributed by atoms with van der Waals surface area (Å²) in [5.41, 5.74) is 2.42. The van der Waals surface area contributed by atoms with E-state index < -0.39 is 11.5 Å². The van der Waals surface area contributed by atoms with E-state index in [1.165, 1.54) is 5.56 Å². The van der Waals surface area contributed by atoms with Crippen molar-refractivity contribution in [2.75, 3.05) is 27.2 Å². The van der Waals surface area contributed by atoms with E-state index in [1.54, 1.807) is 4.90 Å². The summed E-state index contributed by atoms with van der Waals surface area (Å²) in [7, 11) is 3.67. The third-order valence-corrected chi connectivity index (χ3v) is 7.55. The Kier molecular flexibility index (Phi) is 8.57. The molecule has 1 aliphatic heterocycles. The molecule has 3 aromatic rings. The molecule has 0 aliphatic carbocycles. The van der Waals surface area contributed by atoms with Gasteiger partial charge in [0.15, 0.2) is 0 Å². The highest BCUT2D eigenvalue weighted by atomic mass is 16.3. The van der Waals surface area contributed by atoms with Crippen LogP contribution in [0.1, 0.15) is 36.5 Å². The number of nitrogens with zero attached hydrogens (tertiary/aromatic N) is 2. The number of hydrogen-bond acceptors (Lipinski definition) is 4. The molecule has 0 aromatic heterocycles. The standard InChI is InChI=1S/C31H39N3O2/c1-24(34-20-19-28(29(35)23-34)32-22-25-13-7-4-8-14-25)21-31(30(36)33(2)3,26-15-9-5-10-16-26)27-17-11-6-12-18-27/h4-18,24,28-29,32,35H,19-23H2,1-3H3/t24?,28-,29-/m1/s1. The van der Waals surface area contributed by atoms with Gasteiger partial charge in [-0.25, -0.2) is 0 Å². The summed E-state index contributed by atoms with van der Waals surface area (Å²) >= 11 is 0. The number of piperidine rings is 1. The van der Waals surface area contributed by atoms with E-state index in [0.717, 1.165) is 30.6 Å². The molecule has 5 heteroatoms. The number of nitrogens with one attached hydrogen (secondary N) is 1. The van der Waals surface area contributed by atoms with E-state index in [2.05, 4.69) is 53.5 Å². The van der Waals surface area contributed by atoms with Gasteiger partial charge in [-0.15, -0.1) is 0 Å². The Morgan fingerprint density at radius 3 is 2.00 bits per heavy atom. The Morgan fingerprint density at radius 2 is 1.50 bits per heavy atom. The Morgan fingerprint density at radius 1 is 0.972 bits per heavy atom. The zero-order valence-electron chi connectivity index (χ0n) is 21.7. The van der Waals surface area contributed by atoms with Crippen LogP contribution < -0.4 is 5.32 Å². The van der Waals surface area contributed by atoms with E-state index in [-0.39, 0.29) is 18.0 Å². The Bertz CT molecular complexity index is 1050. The van der Waals surface area contributed by atoms with Gasteiger partial charge in [0, 0.05) is 45.8 Å². The minimum absolute atomic E-state index is 0.0602. The number of likely N-dealkylation sites (N-methyl/N-ethyl adjacent to an activating group) is 1. The van der Waals surface area contributed by atoms with Crippen molar-refractivity contribution in [3.8, 4) is 0 Å². The number of carbonyl (C=O) groups excluding carboxylic acids is 1. The minimum atomic E-state index is -0.807. The van der Waals surface area contributed by atoms with Crippen LogP contribution in [-0.4, -0.2) is 66.2 Å². The smallest absolute Gasteiger partial charge is 0.237 e. The van der Waals surface area contributed by atoms with E-state index in [1.807, 2.05) is 68.7 Å². The van der Waals surface area contributed by atoms with Crippen molar-refractivity contribution in [1.29, 1.82) is 0 Å². The van der Waals surface area contributed by atoms with Gasteiger partial charge in [0.1, 0.15) is 5.41 Å². The zero-order valence-corrected chi connectivity index (χ0v) is 21.7. The van der Waals surface area contributed by atoms with Crippen LogP contribution in [0.4, 0.5) is 0 Å². The molecule has 1 unspecified atom stereocenters. The third kappa shape index (κ3) is 5.70. The fourth-order valence-electron chi connectivity index (χ4n) is 5.58. The van der Waals surface area contributed by atoms with Crippen molar-refractivity contribution in [3.63, 3.8) is 0 Å². The summed E-state index contributed by atoms with van der Waals surface area (Å²) in [5.74, 6) is 0.0757.